The molecule has 8 rings (SSSR count). The molecule has 0 radical (unpaired) electrons. The van der Waals surface area contributed by atoms with Crippen molar-refractivity contribution in [3.8, 4) is 11.1 Å². The number of nitrogens with zero attached hydrogens (tertiary/aromatic N) is 6. The maximum absolute atomic E-state index is 13.4. The molecule has 4 aliphatic rings. The van der Waals surface area contributed by atoms with Crippen molar-refractivity contribution < 1.29 is 24.0 Å². The van der Waals surface area contributed by atoms with E-state index in [4.69, 9.17) is 11.6 Å². The number of carbonyl (C=O) groups excluding carboxylic acids is 5. The van der Waals surface area contributed by atoms with Crippen LogP contribution in [0, 0.1) is 0 Å². The third kappa shape index (κ3) is 6.57. The minimum Gasteiger partial charge on any atom is -0.369 e. The van der Waals surface area contributed by atoms with Crippen LogP contribution in [0.5, 0.6) is 0 Å². The van der Waals surface area contributed by atoms with E-state index in [0.29, 0.717) is 23.7 Å². The molecule has 5 amide bonds. The number of anilines is 2. The summed E-state index contributed by atoms with van der Waals surface area (Å²) in [7, 11) is 0. The summed E-state index contributed by atoms with van der Waals surface area (Å²) < 4.78 is 0. The van der Waals surface area contributed by atoms with Gasteiger partial charge >= 0.3 is 0 Å². The molecule has 3 saturated heterocycles. The smallest absolute Gasteiger partial charge is 0.262 e. The van der Waals surface area contributed by atoms with Crippen LogP contribution in [-0.2, 0) is 20.8 Å². The van der Waals surface area contributed by atoms with Gasteiger partial charge in [0.2, 0.25) is 17.7 Å². The lowest BCUT2D eigenvalue weighted by atomic mass is 10.0. The fourth-order valence-electron chi connectivity index (χ4n) is 8.03. The number of piperidine rings is 1. The van der Waals surface area contributed by atoms with Gasteiger partial charge in [0.25, 0.3) is 11.8 Å². The number of imide groups is 2. The average molecular weight is 737 g/mol. The molecule has 1 atom stereocenters. The molecule has 6 heterocycles. The minimum absolute atomic E-state index is 0.0790. The first kappa shape index (κ1) is 34.9. The van der Waals surface area contributed by atoms with Crippen LogP contribution in [0.15, 0.2) is 54.9 Å². The summed E-state index contributed by atoms with van der Waals surface area (Å²) in [6, 6.07) is 12.3. The number of nitrogens with one attached hydrogen (secondary N) is 2. The van der Waals surface area contributed by atoms with Gasteiger partial charge in [-0.05, 0) is 73.8 Å². The highest BCUT2D eigenvalue weighted by molar-refractivity contribution is 6.38. The van der Waals surface area contributed by atoms with Crippen molar-refractivity contribution in [2.45, 2.75) is 38.6 Å². The Balaban J connectivity index is 0.815. The molecule has 2 aromatic heterocycles. The van der Waals surface area contributed by atoms with E-state index in [2.05, 4.69) is 36.9 Å². The number of hydrogen-bond acceptors (Lipinski definition) is 9. The fraction of sp³-hybridized carbons (Fsp3) is 0.385. The topological polar surface area (TPSA) is 142 Å². The highest BCUT2D eigenvalue weighted by Crippen LogP contribution is 2.37. The van der Waals surface area contributed by atoms with Gasteiger partial charge in [-0.2, -0.15) is 0 Å². The third-order valence-corrected chi connectivity index (χ3v) is 11.4. The van der Waals surface area contributed by atoms with Crippen molar-refractivity contribution in [1.29, 1.82) is 0 Å². The van der Waals surface area contributed by atoms with Crippen molar-refractivity contribution in [3.63, 3.8) is 0 Å². The summed E-state index contributed by atoms with van der Waals surface area (Å²) in [6.07, 6.45) is 5.76. The number of hydrogen-bond donors (Lipinski definition) is 2. The molecule has 14 heteroatoms. The Morgan fingerprint density at radius 1 is 0.849 bits per heavy atom. The molecular formula is C39H41ClN8O5. The summed E-state index contributed by atoms with van der Waals surface area (Å²) >= 11 is 6.90. The molecule has 53 heavy (non-hydrogen) atoms. The van der Waals surface area contributed by atoms with Crippen molar-refractivity contribution in [1.82, 2.24) is 30.0 Å². The standard InChI is InChI=1S/C39H41ClN8O5/c1-2-24-21-41-36-34(24)35(40)30(22-42-36)25-5-3-6-27(19-25)47-18-15-45(23-33(47)50)12-4-11-44-13-16-46(17-14-44)26-7-8-28-29(20-26)39(53)48(38(28)52)31-9-10-32(49)43-37(31)51/h3,5-8,19-22,31H,2,4,9-18,23H2,1H3,(H,41,42)(H,43,49,51). The largest absolute Gasteiger partial charge is 0.369 e. The van der Waals surface area contributed by atoms with E-state index in [0.717, 1.165) is 103 Å². The number of aromatic nitrogens is 2. The van der Waals surface area contributed by atoms with E-state index in [1.807, 2.05) is 41.4 Å². The van der Waals surface area contributed by atoms with E-state index in [1.54, 1.807) is 18.3 Å². The van der Waals surface area contributed by atoms with Crippen LogP contribution in [0.1, 0.15) is 52.5 Å². The third-order valence-electron chi connectivity index (χ3n) is 11.0. The fourth-order valence-corrected chi connectivity index (χ4v) is 8.40. The zero-order valence-corrected chi connectivity index (χ0v) is 30.3. The van der Waals surface area contributed by atoms with E-state index in [9.17, 15) is 24.0 Å². The number of fused-ring (bicyclic) bond motifs is 2. The second-order valence-corrected chi connectivity index (χ2v) is 14.5. The summed E-state index contributed by atoms with van der Waals surface area (Å²) in [5.74, 6) is -1.92. The molecule has 274 valence electrons. The monoisotopic (exact) mass is 736 g/mol. The van der Waals surface area contributed by atoms with Gasteiger partial charge in [0.05, 0.1) is 22.7 Å². The van der Waals surface area contributed by atoms with Crippen molar-refractivity contribution in [3.05, 3.63) is 76.6 Å². The Morgan fingerprint density at radius 2 is 1.62 bits per heavy atom. The molecule has 3 fully saturated rings. The Hall–Kier alpha value is -5.11. The summed E-state index contributed by atoms with van der Waals surface area (Å²) in [5, 5.41) is 3.85. The van der Waals surface area contributed by atoms with Gasteiger partial charge in [-0.25, -0.2) is 4.98 Å². The predicted octanol–water partition coefficient (Wildman–Crippen LogP) is 3.71. The zero-order valence-electron chi connectivity index (χ0n) is 29.6. The number of rotatable bonds is 9. The van der Waals surface area contributed by atoms with Gasteiger partial charge in [0.15, 0.2) is 0 Å². The number of aryl methyl sites for hydroxylation is 1. The van der Waals surface area contributed by atoms with Crippen LogP contribution in [0.2, 0.25) is 5.02 Å². The summed E-state index contributed by atoms with van der Waals surface area (Å²) in [6.45, 7) is 8.88. The second kappa shape index (κ2) is 14.4. The maximum atomic E-state index is 13.4. The Kier molecular flexibility index (Phi) is 9.48. The van der Waals surface area contributed by atoms with Crippen molar-refractivity contribution in [2.75, 3.05) is 68.7 Å². The first-order valence-corrected chi connectivity index (χ1v) is 18.7. The number of benzene rings is 2. The molecule has 4 aromatic rings. The molecule has 0 aliphatic carbocycles. The van der Waals surface area contributed by atoms with Crippen LogP contribution in [0.3, 0.4) is 0 Å². The Morgan fingerprint density at radius 3 is 2.40 bits per heavy atom. The summed E-state index contributed by atoms with van der Waals surface area (Å²) in [5.41, 5.74) is 5.98. The molecular weight excluding hydrogens is 696 g/mol. The SMILES string of the molecule is CCc1c[nH]c2ncc(-c3cccc(N4CCN(CCCN5CCN(c6ccc7c(c6)C(=O)N(C6CCC(=O)NC6=O)C7=O)CC5)CC4=O)c3)c(Cl)c12. The van der Waals surface area contributed by atoms with Gasteiger partial charge in [-0.1, -0.05) is 30.7 Å². The van der Waals surface area contributed by atoms with Crippen LogP contribution in [0.4, 0.5) is 11.4 Å². The lowest BCUT2D eigenvalue weighted by molar-refractivity contribution is -0.136. The zero-order chi connectivity index (χ0) is 36.8. The molecule has 2 aromatic carbocycles. The number of piperazine rings is 2. The van der Waals surface area contributed by atoms with Gasteiger partial charge < -0.3 is 14.8 Å². The Labute approximate surface area is 311 Å². The van der Waals surface area contributed by atoms with Crippen molar-refractivity contribution >= 4 is 63.5 Å². The number of amides is 5. The van der Waals surface area contributed by atoms with E-state index >= 15 is 0 Å². The van der Waals surface area contributed by atoms with Crippen LogP contribution < -0.4 is 15.1 Å². The molecule has 1 unspecified atom stereocenters. The predicted molar refractivity (Wildman–Crippen MR) is 201 cm³/mol. The van der Waals surface area contributed by atoms with Crippen LogP contribution in [-0.4, -0.2) is 119 Å². The lowest BCUT2D eigenvalue weighted by Crippen LogP contribution is -2.54. The number of carbonyl (C=O) groups is 5. The Bertz CT molecular complexity index is 2140. The normalized spacial score (nSPS) is 20.2. The summed E-state index contributed by atoms with van der Waals surface area (Å²) in [4.78, 5) is 81.2. The molecule has 13 nitrogen and oxygen atoms in total. The highest BCUT2D eigenvalue weighted by atomic mass is 35.5. The average Bonchev–Trinajstić information content (AvgIpc) is 3.70. The highest BCUT2D eigenvalue weighted by Gasteiger charge is 2.44. The molecule has 0 saturated carbocycles. The first-order valence-electron chi connectivity index (χ1n) is 18.3. The molecule has 0 spiro atoms. The number of halogens is 1. The van der Waals surface area contributed by atoms with E-state index < -0.39 is 29.7 Å². The van der Waals surface area contributed by atoms with Gasteiger partial charge in [-0.3, -0.25) is 44.0 Å². The molecule has 0 bridgehead atoms. The van der Waals surface area contributed by atoms with E-state index in [-0.39, 0.29) is 24.3 Å². The minimum atomic E-state index is -0.977. The second-order valence-electron chi connectivity index (χ2n) is 14.1. The first-order chi connectivity index (χ1) is 25.7. The maximum Gasteiger partial charge on any atom is 0.262 e. The van der Waals surface area contributed by atoms with Crippen LogP contribution >= 0.6 is 11.6 Å². The molecule has 2 N–H and O–H groups in total. The van der Waals surface area contributed by atoms with E-state index in [1.165, 1.54) is 0 Å². The van der Waals surface area contributed by atoms with Crippen molar-refractivity contribution in [2.24, 2.45) is 0 Å². The number of H-pyrrole nitrogens is 1. The number of aromatic amines is 1. The number of pyridine rings is 1. The van der Waals surface area contributed by atoms with Gasteiger partial charge in [0.1, 0.15) is 11.7 Å². The van der Waals surface area contributed by atoms with Crippen LogP contribution in [0.25, 0.3) is 22.2 Å². The molecule has 4 aliphatic heterocycles. The van der Waals surface area contributed by atoms with Gasteiger partial charge in [0, 0.05) is 80.4 Å². The quantitative estimate of drug-likeness (QED) is 0.246. The van der Waals surface area contributed by atoms with Gasteiger partial charge in [-0.15, -0.1) is 0 Å². The lowest BCUT2D eigenvalue weighted by Gasteiger charge is -2.37.